The molecular formula is C22H31N3O2. The molecule has 0 saturated heterocycles. The first-order chi connectivity index (χ1) is 12.8. The third kappa shape index (κ3) is 3.83. The molecule has 5 rings (SSSR count). The van der Waals surface area contributed by atoms with E-state index in [9.17, 15) is 9.59 Å². The third-order valence-corrected chi connectivity index (χ3v) is 6.80. The largest absolute Gasteiger partial charge is 0.374 e. The number of hydrogen-bond acceptors (Lipinski definition) is 3. The summed E-state index contributed by atoms with van der Waals surface area (Å²) >= 11 is 0. The third-order valence-electron chi connectivity index (χ3n) is 6.80. The molecule has 1 atom stereocenters. The van der Waals surface area contributed by atoms with Gasteiger partial charge in [-0.15, -0.1) is 0 Å². The molecular weight excluding hydrogens is 338 g/mol. The highest BCUT2D eigenvalue weighted by molar-refractivity contribution is 5.98. The molecule has 0 heterocycles. The average molecular weight is 370 g/mol. The number of carbonyl (C=O) groups is 2. The van der Waals surface area contributed by atoms with Crippen LogP contribution in [0.5, 0.6) is 0 Å². The molecule has 27 heavy (non-hydrogen) atoms. The lowest BCUT2D eigenvalue weighted by Crippen LogP contribution is -2.62. The van der Waals surface area contributed by atoms with Gasteiger partial charge in [-0.2, -0.15) is 0 Å². The topological polar surface area (TPSA) is 70.2 Å². The zero-order chi connectivity index (χ0) is 19.2. The second-order valence-electron chi connectivity index (χ2n) is 9.33. The number of amides is 3. The molecule has 4 saturated carbocycles. The number of hydrogen-bond donors (Lipinski definition) is 3. The van der Waals surface area contributed by atoms with Crippen LogP contribution in [0, 0.1) is 31.6 Å². The number of aryl methyl sites for hydroxylation is 2. The molecule has 0 radical (unpaired) electrons. The molecule has 0 unspecified atom stereocenters. The van der Waals surface area contributed by atoms with Crippen LogP contribution in [-0.2, 0) is 4.79 Å². The van der Waals surface area contributed by atoms with E-state index < -0.39 is 6.04 Å². The van der Waals surface area contributed by atoms with Gasteiger partial charge in [-0.1, -0.05) is 17.7 Å². The number of imide groups is 1. The molecule has 3 amide bonds. The van der Waals surface area contributed by atoms with E-state index in [0.29, 0.717) is 0 Å². The van der Waals surface area contributed by atoms with Crippen molar-refractivity contribution in [2.45, 2.75) is 70.9 Å². The zero-order valence-electron chi connectivity index (χ0n) is 16.6. The summed E-state index contributed by atoms with van der Waals surface area (Å²) in [4.78, 5) is 25.0. The van der Waals surface area contributed by atoms with Crippen LogP contribution < -0.4 is 16.0 Å². The molecule has 1 aromatic carbocycles. The first kappa shape index (κ1) is 18.3. The van der Waals surface area contributed by atoms with Crippen LogP contribution in [0.3, 0.4) is 0 Å². The van der Waals surface area contributed by atoms with E-state index in [-0.39, 0.29) is 17.5 Å². The Kier molecular flexibility index (Phi) is 4.65. The maximum Gasteiger partial charge on any atom is 0.321 e. The van der Waals surface area contributed by atoms with E-state index in [1.807, 2.05) is 26.0 Å². The summed E-state index contributed by atoms with van der Waals surface area (Å²) in [6.45, 7) is 5.84. The Bertz CT molecular complexity index is 723. The maximum absolute atomic E-state index is 12.5. The van der Waals surface area contributed by atoms with Gasteiger partial charge in [-0.25, -0.2) is 4.79 Å². The normalized spacial score (nSPS) is 32.0. The molecule has 0 spiro atoms. The number of benzene rings is 1. The lowest BCUT2D eigenvalue weighted by Gasteiger charge is -2.56. The minimum Gasteiger partial charge on any atom is -0.374 e. The van der Waals surface area contributed by atoms with E-state index in [1.54, 1.807) is 6.92 Å². The summed E-state index contributed by atoms with van der Waals surface area (Å²) < 4.78 is 0. The van der Waals surface area contributed by atoms with E-state index >= 15 is 0 Å². The van der Waals surface area contributed by atoms with Crippen LogP contribution in [0.25, 0.3) is 0 Å². The Morgan fingerprint density at radius 1 is 1.04 bits per heavy atom. The quantitative estimate of drug-likeness (QED) is 0.754. The Hall–Kier alpha value is -2.04. The molecule has 4 aliphatic rings. The number of carbonyl (C=O) groups excluding carboxylic acids is 2. The van der Waals surface area contributed by atoms with Crippen molar-refractivity contribution < 1.29 is 9.59 Å². The van der Waals surface area contributed by atoms with Crippen molar-refractivity contribution in [2.75, 3.05) is 5.32 Å². The smallest absolute Gasteiger partial charge is 0.321 e. The molecule has 3 N–H and O–H groups in total. The van der Waals surface area contributed by atoms with E-state index in [2.05, 4.69) is 22.0 Å². The average Bonchev–Trinajstić information content (AvgIpc) is 2.55. The minimum atomic E-state index is -0.478. The summed E-state index contributed by atoms with van der Waals surface area (Å²) in [6.07, 6.45) is 7.24. The standard InChI is InChI=1S/C22H31N3O2/c1-13-4-5-19(14(2)6-13)23-15(3)20(26)24-21(27)25-22-10-16-7-17(11-22)9-18(8-16)12-22/h4-6,15-18,23H,7-12H2,1-3H3,(H2,24,25,26,27)/t15-,16?,17?,18?,22?/m0/s1. The molecule has 4 fully saturated rings. The summed E-state index contributed by atoms with van der Waals surface area (Å²) in [5, 5.41) is 8.96. The van der Waals surface area contributed by atoms with Gasteiger partial charge in [-0.3, -0.25) is 10.1 Å². The predicted molar refractivity (Wildman–Crippen MR) is 107 cm³/mol. The van der Waals surface area contributed by atoms with Gasteiger partial charge in [-0.05, 0) is 88.7 Å². The number of urea groups is 1. The molecule has 0 aromatic heterocycles. The first-order valence-corrected chi connectivity index (χ1v) is 10.3. The summed E-state index contributed by atoms with van der Waals surface area (Å²) in [6, 6.07) is 5.25. The lowest BCUT2D eigenvalue weighted by molar-refractivity contribution is -0.120. The SMILES string of the molecule is Cc1ccc(N[C@@H](C)C(=O)NC(=O)NC23CC4CC(CC(C4)C2)C3)c(C)c1. The molecule has 5 nitrogen and oxygen atoms in total. The summed E-state index contributed by atoms with van der Waals surface area (Å²) in [7, 11) is 0. The van der Waals surface area contributed by atoms with Crippen LogP contribution in [0.4, 0.5) is 10.5 Å². The van der Waals surface area contributed by atoms with Gasteiger partial charge in [0.25, 0.3) is 0 Å². The molecule has 0 aliphatic heterocycles. The van der Waals surface area contributed by atoms with Crippen molar-refractivity contribution in [2.24, 2.45) is 17.8 Å². The molecule has 146 valence electrons. The van der Waals surface area contributed by atoms with Crippen LogP contribution in [0.2, 0.25) is 0 Å². The Morgan fingerprint density at radius 2 is 1.63 bits per heavy atom. The highest BCUT2D eigenvalue weighted by atomic mass is 16.2. The predicted octanol–water partition coefficient (Wildman–Crippen LogP) is 3.90. The highest BCUT2D eigenvalue weighted by Crippen LogP contribution is 2.55. The summed E-state index contributed by atoms with van der Waals surface area (Å²) in [5.74, 6) is 1.99. The van der Waals surface area contributed by atoms with Crippen molar-refractivity contribution in [1.29, 1.82) is 0 Å². The van der Waals surface area contributed by atoms with Gasteiger partial charge >= 0.3 is 6.03 Å². The van der Waals surface area contributed by atoms with Crippen molar-refractivity contribution in [3.05, 3.63) is 29.3 Å². The Morgan fingerprint density at radius 3 is 2.19 bits per heavy atom. The second-order valence-corrected chi connectivity index (χ2v) is 9.33. The van der Waals surface area contributed by atoms with Gasteiger partial charge in [0.15, 0.2) is 0 Å². The van der Waals surface area contributed by atoms with Gasteiger partial charge in [0, 0.05) is 11.2 Å². The van der Waals surface area contributed by atoms with E-state index in [0.717, 1.165) is 48.3 Å². The molecule has 1 aromatic rings. The monoisotopic (exact) mass is 369 g/mol. The summed E-state index contributed by atoms with van der Waals surface area (Å²) in [5.41, 5.74) is 3.12. The van der Waals surface area contributed by atoms with Gasteiger partial charge in [0.1, 0.15) is 6.04 Å². The number of anilines is 1. The fourth-order valence-corrected chi connectivity index (χ4v) is 6.03. The fourth-order valence-electron chi connectivity index (χ4n) is 6.03. The maximum atomic E-state index is 12.5. The van der Waals surface area contributed by atoms with Crippen molar-refractivity contribution >= 4 is 17.6 Å². The second kappa shape index (κ2) is 6.84. The fraction of sp³-hybridized carbons (Fsp3) is 0.636. The Balaban J connectivity index is 1.33. The van der Waals surface area contributed by atoms with Crippen molar-refractivity contribution in [3.8, 4) is 0 Å². The Labute approximate surface area is 161 Å². The molecule has 5 heteroatoms. The van der Waals surface area contributed by atoms with E-state index in [4.69, 9.17) is 0 Å². The molecule has 4 aliphatic carbocycles. The molecule has 4 bridgehead atoms. The van der Waals surface area contributed by atoms with Crippen molar-refractivity contribution in [3.63, 3.8) is 0 Å². The lowest BCUT2D eigenvalue weighted by atomic mass is 9.53. The minimum absolute atomic E-state index is 0.0800. The van der Waals surface area contributed by atoms with Gasteiger partial charge < -0.3 is 10.6 Å². The van der Waals surface area contributed by atoms with E-state index in [1.165, 1.54) is 24.8 Å². The first-order valence-electron chi connectivity index (χ1n) is 10.3. The van der Waals surface area contributed by atoms with Gasteiger partial charge in [0.2, 0.25) is 5.91 Å². The van der Waals surface area contributed by atoms with Crippen LogP contribution >= 0.6 is 0 Å². The zero-order valence-corrected chi connectivity index (χ0v) is 16.6. The highest BCUT2D eigenvalue weighted by Gasteiger charge is 2.51. The number of rotatable bonds is 4. The number of nitrogens with one attached hydrogen (secondary N) is 3. The van der Waals surface area contributed by atoms with Crippen LogP contribution in [-0.4, -0.2) is 23.5 Å². The van der Waals surface area contributed by atoms with Crippen LogP contribution in [0.15, 0.2) is 18.2 Å². The van der Waals surface area contributed by atoms with Gasteiger partial charge in [0.05, 0.1) is 0 Å². The van der Waals surface area contributed by atoms with Crippen LogP contribution in [0.1, 0.15) is 56.6 Å². The van der Waals surface area contributed by atoms with Crippen molar-refractivity contribution in [1.82, 2.24) is 10.6 Å².